The van der Waals surface area contributed by atoms with Gasteiger partial charge in [0.2, 0.25) is 5.91 Å². The molecule has 0 spiro atoms. The van der Waals surface area contributed by atoms with Gasteiger partial charge in [-0.2, -0.15) is 0 Å². The lowest BCUT2D eigenvalue weighted by Gasteiger charge is -2.36. The number of hydrogen-bond acceptors (Lipinski definition) is 7. The highest BCUT2D eigenvalue weighted by Gasteiger charge is 2.23. The topological polar surface area (TPSA) is 72.2 Å². The average molecular weight is 478 g/mol. The zero-order chi connectivity index (χ0) is 23.7. The van der Waals surface area contributed by atoms with Gasteiger partial charge in [-0.1, -0.05) is 23.9 Å². The Morgan fingerprint density at radius 1 is 1.00 bits per heavy atom. The Bertz CT molecular complexity index is 1350. The second-order valence-electron chi connectivity index (χ2n) is 8.22. The number of thioether (sulfide) groups is 1. The zero-order valence-corrected chi connectivity index (χ0v) is 20.3. The Morgan fingerprint density at radius 2 is 1.79 bits per heavy atom. The van der Waals surface area contributed by atoms with Crippen molar-refractivity contribution in [2.45, 2.75) is 12.1 Å². The Morgan fingerprint density at radius 3 is 2.56 bits per heavy atom. The number of benzene rings is 2. The molecule has 9 heteroatoms. The number of aromatic nitrogens is 3. The van der Waals surface area contributed by atoms with E-state index >= 15 is 0 Å². The van der Waals surface area contributed by atoms with Crippen LogP contribution in [0.4, 0.5) is 5.69 Å². The molecule has 34 heavy (non-hydrogen) atoms. The van der Waals surface area contributed by atoms with E-state index in [0.29, 0.717) is 24.0 Å². The number of carbonyl (C=O) groups excluding carboxylic acids is 1. The summed E-state index contributed by atoms with van der Waals surface area (Å²) in [6.45, 7) is 4.92. The number of fused-ring (bicyclic) bond motifs is 3. The minimum atomic E-state index is 0.107. The molecule has 4 aromatic rings. The summed E-state index contributed by atoms with van der Waals surface area (Å²) in [4.78, 5) is 17.2. The van der Waals surface area contributed by atoms with E-state index in [-0.39, 0.29) is 5.91 Å². The van der Waals surface area contributed by atoms with Gasteiger partial charge in [0.05, 0.1) is 31.2 Å². The molecule has 3 heterocycles. The van der Waals surface area contributed by atoms with Crippen molar-refractivity contribution in [1.82, 2.24) is 19.5 Å². The van der Waals surface area contributed by atoms with E-state index in [2.05, 4.69) is 27.2 Å². The molecule has 2 aromatic carbocycles. The summed E-state index contributed by atoms with van der Waals surface area (Å²) in [7, 11) is 3.34. The number of amides is 1. The van der Waals surface area contributed by atoms with Crippen LogP contribution in [0, 0.1) is 6.92 Å². The van der Waals surface area contributed by atoms with E-state index in [1.807, 2.05) is 52.6 Å². The second-order valence-corrected chi connectivity index (χ2v) is 9.16. The monoisotopic (exact) mass is 477 g/mol. The first-order valence-electron chi connectivity index (χ1n) is 11.2. The molecule has 1 aliphatic heterocycles. The van der Waals surface area contributed by atoms with Crippen LogP contribution in [-0.2, 0) is 4.79 Å². The summed E-state index contributed by atoms with van der Waals surface area (Å²) in [6, 6.07) is 16.1. The fraction of sp³-hybridized carbons (Fsp3) is 0.320. The van der Waals surface area contributed by atoms with E-state index in [1.165, 1.54) is 11.8 Å². The number of aryl methyl sites for hydroxylation is 1. The smallest absolute Gasteiger partial charge is 0.233 e. The number of rotatable bonds is 6. The predicted molar refractivity (Wildman–Crippen MR) is 134 cm³/mol. The number of nitrogens with zero attached hydrogens (tertiary/aromatic N) is 5. The molecule has 8 nitrogen and oxygen atoms in total. The van der Waals surface area contributed by atoms with Crippen LogP contribution >= 0.6 is 11.8 Å². The first-order chi connectivity index (χ1) is 16.6. The maximum absolute atomic E-state index is 13.0. The molecule has 1 aliphatic rings. The molecule has 2 aromatic heterocycles. The molecule has 0 bridgehead atoms. The number of ether oxygens (including phenoxy) is 2. The van der Waals surface area contributed by atoms with Crippen LogP contribution < -0.4 is 14.4 Å². The van der Waals surface area contributed by atoms with Crippen molar-refractivity contribution in [3.63, 3.8) is 0 Å². The van der Waals surface area contributed by atoms with Gasteiger partial charge < -0.3 is 19.3 Å². The standard InChI is InChI=1S/C25H27N5O3S/c1-17-14-18-8-9-19(32-2)15-21(18)30-24(17)26-27-25(30)34-16-23(31)29-12-10-28(11-13-29)20-6-4-5-7-22(20)33-3/h4-9,14-15H,10-13,16H2,1-3H3. The molecule has 176 valence electrons. The summed E-state index contributed by atoms with van der Waals surface area (Å²) < 4.78 is 12.9. The maximum Gasteiger partial charge on any atom is 0.233 e. The zero-order valence-electron chi connectivity index (χ0n) is 19.5. The van der Waals surface area contributed by atoms with Crippen molar-refractivity contribution in [2.24, 2.45) is 0 Å². The van der Waals surface area contributed by atoms with Crippen molar-refractivity contribution < 1.29 is 14.3 Å². The summed E-state index contributed by atoms with van der Waals surface area (Å²) in [6.07, 6.45) is 0. The molecule has 1 fully saturated rings. The number of para-hydroxylation sites is 2. The Kier molecular flexibility index (Phi) is 6.19. The van der Waals surface area contributed by atoms with Crippen LogP contribution in [0.2, 0.25) is 0 Å². The number of hydrogen-bond donors (Lipinski definition) is 0. The normalized spacial score (nSPS) is 14.1. The lowest BCUT2D eigenvalue weighted by molar-refractivity contribution is -0.128. The highest BCUT2D eigenvalue weighted by molar-refractivity contribution is 7.99. The molecular weight excluding hydrogens is 450 g/mol. The van der Waals surface area contributed by atoms with Crippen molar-refractivity contribution in [3.8, 4) is 11.5 Å². The van der Waals surface area contributed by atoms with E-state index in [9.17, 15) is 4.79 Å². The molecule has 0 saturated carbocycles. The third-order valence-corrected chi connectivity index (χ3v) is 7.13. The fourth-order valence-corrected chi connectivity index (χ4v) is 5.25. The largest absolute Gasteiger partial charge is 0.497 e. The minimum absolute atomic E-state index is 0.107. The van der Waals surface area contributed by atoms with Crippen LogP contribution in [0.3, 0.4) is 0 Å². The quantitative estimate of drug-likeness (QED) is 0.393. The van der Waals surface area contributed by atoms with E-state index in [1.54, 1.807) is 14.2 Å². The van der Waals surface area contributed by atoms with Gasteiger partial charge in [-0.25, -0.2) is 0 Å². The van der Waals surface area contributed by atoms with Gasteiger partial charge >= 0.3 is 0 Å². The molecular formula is C25H27N5O3S. The molecule has 0 N–H and O–H groups in total. The number of pyridine rings is 1. The van der Waals surface area contributed by atoms with Crippen LogP contribution in [0.25, 0.3) is 16.6 Å². The lowest BCUT2D eigenvalue weighted by atomic mass is 10.1. The molecule has 1 saturated heterocycles. The average Bonchev–Trinajstić information content (AvgIpc) is 3.32. The summed E-state index contributed by atoms with van der Waals surface area (Å²) in [5.74, 6) is 2.05. The minimum Gasteiger partial charge on any atom is -0.497 e. The molecule has 0 radical (unpaired) electrons. The Hall–Kier alpha value is -3.46. The van der Waals surface area contributed by atoms with Gasteiger partial charge in [0.25, 0.3) is 0 Å². The second kappa shape index (κ2) is 9.42. The SMILES string of the molecule is COc1ccc2cc(C)c3nnc(SCC(=O)N4CCN(c5ccccc5OC)CC4)n3c2c1. The number of piperazine rings is 1. The first-order valence-corrected chi connectivity index (χ1v) is 12.2. The highest BCUT2D eigenvalue weighted by Crippen LogP contribution is 2.30. The number of methoxy groups -OCH3 is 2. The molecule has 0 unspecified atom stereocenters. The molecule has 0 aliphatic carbocycles. The van der Waals surface area contributed by atoms with Crippen LogP contribution in [0.15, 0.2) is 53.7 Å². The Labute approximate surface area is 202 Å². The van der Waals surface area contributed by atoms with Crippen molar-refractivity contribution in [2.75, 3.05) is 51.1 Å². The highest BCUT2D eigenvalue weighted by atomic mass is 32.2. The van der Waals surface area contributed by atoms with Gasteiger partial charge in [0.1, 0.15) is 11.5 Å². The van der Waals surface area contributed by atoms with Crippen molar-refractivity contribution >= 4 is 39.9 Å². The van der Waals surface area contributed by atoms with Crippen LogP contribution in [0.5, 0.6) is 11.5 Å². The lowest BCUT2D eigenvalue weighted by Crippen LogP contribution is -2.49. The van der Waals surface area contributed by atoms with Gasteiger partial charge in [-0.05, 0) is 48.2 Å². The number of anilines is 1. The van der Waals surface area contributed by atoms with E-state index < -0.39 is 0 Å². The van der Waals surface area contributed by atoms with E-state index in [0.717, 1.165) is 52.4 Å². The fourth-order valence-electron chi connectivity index (χ4n) is 4.41. The number of carbonyl (C=O) groups is 1. The van der Waals surface area contributed by atoms with Gasteiger partial charge in [-0.3, -0.25) is 9.20 Å². The summed E-state index contributed by atoms with van der Waals surface area (Å²) in [5, 5.41) is 10.6. The van der Waals surface area contributed by atoms with Crippen LogP contribution in [-0.4, -0.2) is 71.6 Å². The summed E-state index contributed by atoms with van der Waals surface area (Å²) >= 11 is 1.42. The molecule has 5 rings (SSSR count). The molecule has 1 amide bonds. The Balaban J connectivity index is 1.29. The van der Waals surface area contributed by atoms with Gasteiger partial charge in [0.15, 0.2) is 10.8 Å². The first kappa shape index (κ1) is 22.3. The van der Waals surface area contributed by atoms with E-state index in [4.69, 9.17) is 9.47 Å². The van der Waals surface area contributed by atoms with Crippen molar-refractivity contribution in [1.29, 1.82) is 0 Å². The molecule has 0 atom stereocenters. The third-order valence-electron chi connectivity index (χ3n) is 6.22. The van der Waals surface area contributed by atoms with Crippen LogP contribution in [0.1, 0.15) is 5.56 Å². The summed E-state index contributed by atoms with van der Waals surface area (Å²) in [5.41, 5.74) is 3.86. The third kappa shape index (κ3) is 4.11. The van der Waals surface area contributed by atoms with Crippen molar-refractivity contribution in [3.05, 3.63) is 54.1 Å². The predicted octanol–water partition coefficient (Wildman–Crippen LogP) is 3.65. The van der Waals surface area contributed by atoms with Gasteiger partial charge in [-0.15, -0.1) is 10.2 Å². The van der Waals surface area contributed by atoms with Gasteiger partial charge in [0, 0.05) is 32.2 Å². The maximum atomic E-state index is 13.0.